The van der Waals surface area contributed by atoms with Crippen molar-refractivity contribution in [2.75, 3.05) is 0 Å². The molecule has 0 saturated carbocycles. The van der Waals surface area contributed by atoms with Crippen LogP contribution in [-0.2, 0) is 4.79 Å². The molecule has 0 bridgehead atoms. The first-order valence-corrected chi connectivity index (χ1v) is 5.52. The van der Waals surface area contributed by atoms with Crippen LogP contribution in [0, 0.1) is 0 Å². The van der Waals surface area contributed by atoms with Gasteiger partial charge in [0.1, 0.15) is 6.04 Å². The lowest BCUT2D eigenvalue weighted by Gasteiger charge is -2.09. The number of hydrogen-bond donors (Lipinski definition) is 3. The molecule has 7 nitrogen and oxygen atoms in total. The highest BCUT2D eigenvalue weighted by Gasteiger charge is 2.19. The molecular weight excluding hydrogens is 250 g/mol. The zero-order chi connectivity index (χ0) is 14.0. The Morgan fingerprint density at radius 3 is 2.58 bits per heavy atom. The van der Waals surface area contributed by atoms with Crippen LogP contribution >= 0.6 is 0 Å². The molecule has 0 aliphatic rings. The van der Waals surface area contributed by atoms with Crippen molar-refractivity contribution >= 4 is 22.6 Å². The molecule has 2 aromatic rings. The van der Waals surface area contributed by atoms with Crippen molar-refractivity contribution in [3.63, 3.8) is 0 Å². The number of hydrogen-bond acceptors (Lipinski definition) is 4. The van der Waals surface area contributed by atoms with Crippen LogP contribution in [0.1, 0.15) is 17.4 Å². The van der Waals surface area contributed by atoms with Gasteiger partial charge in [0.05, 0.1) is 5.39 Å². The maximum Gasteiger partial charge on any atom is 0.325 e. The van der Waals surface area contributed by atoms with Crippen molar-refractivity contribution in [3.05, 3.63) is 40.3 Å². The number of carboxylic acids is 1. The van der Waals surface area contributed by atoms with E-state index in [0.717, 1.165) is 0 Å². The summed E-state index contributed by atoms with van der Waals surface area (Å²) in [6.45, 7) is 1.34. The molecule has 3 N–H and O–H groups in total. The van der Waals surface area contributed by atoms with Gasteiger partial charge in [-0.3, -0.25) is 14.4 Å². The van der Waals surface area contributed by atoms with E-state index in [1.807, 2.05) is 0 Å². The first-order valence-electron chi connectivity index (χ1n) is 5.52. The number of nitrogens with one attached hydrogen (secondary N) is 2. The summed E-state index contributed by atoms with van der Waals surface area (Å²) >= 11 is 0. The van der Waals surface area contributed by atoms with E-state index in [1.54, 1.807) is 24.3 Å². The monoisotopic (exact) mass is 261 g/mol. The fourth-order valence-corrected chi connectivity index (χ4v) is 1.61. The van der Waals surface area contributed by atoms with Crippen LogP contribution in [0.25, 0.3) is 10.8 Å². The SMILES string of the molecule is C[C@@H](NC(=O)c1n[nH]c(=O)c2ccccc12)C(=O)O. The van der Waals surface area contributed by atoms with Crippen molar-refractivity contribution in [1.29, 1.82) is 0 Å². The third-order valence-electron chi connectivity index (χ3n) is 2.63. The van der Waals surface area contributed by atoms with Crippen LogP contribution in [0.15, 0.2) is 29.1 Å². The number of nitrogens with zero attached hydrogens (tertiary/aromatic N) is 1. The second kappa shape index (κ2) is 4.89. The molecule has 19 heavy (non-hydrogen) atoms. The molecule has 1 amide bonds. The Labute approximate surface area is 107 Å². The average molecular weight is 261 g/mol. The number of benzene rings is 1. The van der Waals surface area contributed by atoms with Crippen LogP contribution in [0.3, 0.4) is 0 Å². The number of amides is 1. The van der Waals surface area contributed by atoms with E-state index in [2.05, 4.69) is 15.5 Å². The normalized spacial score (nSPS) is 12.1. The molecular formula is C12H11N3O4. The van der Waals surface area contributed by atoms with E-state index in [9.17, 15) is 14.4 Å². The molecule has 98 valence electrons. The largest absolute Gasteiger partial charge is 0.480 e. The molecule has 0 spiro atoms. The summed E-state index contributed by atoms with van der Waals surface area (Å²) in [6, 6.07) is 5.44. The topological polar surface area (TPSA) is 112 Å². The number of aliphatic carboxylic acids is 1. The molecule has 0 aliphatic carbocycles. The van der Waals surface area contributed by atoms with Gasteiger partial charge >= 0.3 is 5.97 Å². The van der Waals surface area contributed by atoms with Crippen LogP contribution in [-0.4, -0.2) is 33.2 Å². The second-order valence-corrected chi connectivity index (χ2v) is 3.98. The molecule has 7 heteroatoms. The number of rotatable bonds is 3. The van der Waals surface area contributed by atoms with E-state index in [1.165, 1.54) is 6.92 Å². The number of fused-ring (bicyclic) bond motifs is 1. The quantitative estimate of drug-likeness (QED) is 0.726. The minimum Gasteiger partial charge on any atom is -0.480 e. The third-order valence-corrected chi connectivity index (χ3v) is 2.63. The second-order valence-electron chi connectivity index (χ2n) is 3.98. The zero-order valence-electron chi connectivity index (χ0n) is 10.0. The first kappa shape index (κ1) is 12.7. The fourth-order valence-electron chi connectivity index (χ4n) is 1.61. The van der Waals surface area contributed by atoms with Gasteiger partial charge in [-0.2, -0.15) is 5.10 Å². The van der Waals surface area contributed by atoms with Gasteiger partial charge in [0, 0.05) is 5.39 Å². The van der Waals surface area contributed by atoms with E-state index in [0.29, 0.717) is 10.8 Å². The van der Waals surface area contributed by atoms with Gasteiger partial charge in [0.2, 0.25) is 0 Å². The van der Waals surface area contributed by atoms with Gasteiger partial charge in [-0.25, -0.2) is 5.10 Å². The fraction of sp³-hybridized carbons (Fsp3) is 0.167. The highest BCUT2D eigenvalue weighted by atomic mass is 16.4. The molecule has 0 saturated heterocycles. The van der Waals surface area contributed by atoms with Gasteiger partial charge in [-0.15, -0.1) is 0 Å². The summed E-state index contributed by atoms with van der Waals surface area (Å²) in [4.78, 5) is 34.2. The first-order chi connectivity index (χ1) is 9.00. The van der Waals surface area contributed by atoms with E-state index >= 15 is 0 Å². The van der Waals surface area contributed by atoms with Gasteiger partial charge in [-0.05, 0) is 13.0 Å². The Balaban J connectivity index is 2.46. The Hall–Kier alpha value is -2.70. The molecule has 0 aliphatic heterocycles. The zero-order valence-corrected chi connectivity index (χ0v) is 10.0. The number of aromatic amines is 1. The molecule has 1 heterocycles. The van der Waals surface area contributed by atoms with E-state index in [4.69, 9.17) is 5.11 Å². The van der Waals surface area contributed by atoms with Gasteiger partial charge < -0.3 is 10.4 Å². The summed E-state index contributed by atoms with van der Waals surface area (Å²) in [5.74, 6) is -1.80. The molecule has 1 aromatic heterocycles. The number of H-pyrrole nitrogens is 1. The molecule has 0 fully saturated rings. The van der Waals surface area contributed by atoms with Crippen LogP contribution in [0.4, 0.5) is 0 Å². The highest BCUT2D eigenvalue weighted by Crippen LogP contribution is 2.12. The Kier molecular flexibility index (Phi) is 3.28. The van der Waals surface area contributed by atoms with E-state index < -0.39 is 23.5 Å². The summed E-state index contributed by atoms with van der Waals surface area (Å²) in [5.41, 5.74) is -0.415. The lowest BCUT2D eigenvalue weighted by atomic mass is 10.1. The standard InChI is InChI=1S/C12H11N3O4/c1-6(12(18)19)13-11(17)9-7-4-2-3-5-8(7)10(16)15-14-9/h2-6H,1H3,(H,13,17)(H,15,16)(H,18,19)/t6-/m1/s1. The Morgan fingerprint density at radius 2 is 1.95 bits per heavy atom. The molecule has 0 unspecified atom stereocenters. The Bertz CT molecular complexity index is 707. The average Bonchev–Trinajstić information content (AvgIpc) is 2.39. The lowest BCUT2D eigenvalue weighted by molar-refractivity contribution is -0.138. The third kappa shape index (κ3) is 2.44. The number of carbonyl (C=O) groups excluding carboxylic acids is 1. The van der Waals surface area contributed by atoms with Crippen molar-refractivity contribution in [1.82, 2.24) is 15.5 Å². The van der Waals surface area contributed by atoms with Crippen LogP contribution in [0.5, 0.6) is 0 Å². The Morgan fingerprint density at radius 1 is 1.32 bits per heavy atom. The van der Waals surface area contributed by atoms with Crippen LogP contribution < -0.4 is 10.9 Å². The smallest absolute Gasteiger partial charge is 0.325 e. The maximum absolute atomic E-state index is 11.9. The van der Waals surface area contributed by atoms with Gasteiger partial charge in [-0.1, -0.05) is 18.2 Å². The van der Waals surface area contributed by atoms with Crippen LogP contribution in [0.2, 0.25) is 0 Å². The van der Waals surface area contributed by atoms with Gasteiger partial charge in [0.15, 0.2) is 5.69 Å². The summed E-state index contributed by atoms with van der Waals surface area (Å²) < 4.78 is 0. The van der Waals surface area contributed by atoms with Crippen molar-refractivity contribution < 1.29 is 14.7 Å². The van der Waals surface area contributed by atoms with E-state index in [-0.39, 0.29) is 5.69 Å². The number of aromatic nitrogens is 2. The molecule has 1 atom stereocenters. The molecule has 0 radical (unpaired) electrons. The summed E-state index contributed by atoms with van der Waals surface area (Å²) in [7, 11) is 0. The number of carbonyl (C=O) groups is 2. The lowest BCUT2D eigenvalue weighted by Crippen LogP contribution is -2.39. The summed E-state index contributed by atoms with van der Waals surface area (Å²) in [6.07, 6.45) is 0. The predicted octanol–water partition coefficient (Wildman–Crippen LogP) is 0.126. The highest BCUT2D eigenvalue weighted by molar-refractivity contribution is 6.05. The number of carboxylic acid groups (broad SMARTS) is 1. The van der Waals surface area contributed by atoms with Crippen molar-refractivity contribution in [2.24, 2.45) is 0 Å². The van der Waals surface area contributed by atoms with Crippen molar-refractivity contribution in [2.45, 2.75) is 13.0 Å². The maximum atomic E-state index is 11.9. The predicted molar refractivity (Wildman–Crippen MR) is 66.9 cm³/mol. The molecule has 1 aromatic carbocycles. The minimum absolute atomic E-state index is 0.0108. The minimum atomic E-state index is -1.15. The molecule has 2 rings (SSSR count). The summed E-state index contributed by atoms with van der Waals surface area (Å²) in [5, 5.41) is 17.6. The van der Waals surface area contributed by atoms with Gasteiger partial charge in [0.25, 0.3) is 11.5 Å². The van der Waals surface area contributed by atoms with Crippen molar-refractivity contribution in [3.8, 4) is 0 Å².